The highest BCUT2D eigenvalue weighted by Gasteiger charge is 2.13. The van der Waals surface area contributed by atoms with Crippen LogP contribution in [0.25, 0.3) is 0 Å². The summed E-state index contributed by atoms with van der Waals surface area (Å²) in [6.07, 6.45) is 13.1. The van der Waals surface area contributed by atoms with Crippen LogP contribution < -0.4 is 0 Å². The Hall–Kier alpha value is -1.11. The highest BCUT2D eigenvalue weighted by molar-refractivity contribution is 5.81. The molecule has 0 aliphatic carbocycles. The van der Waals surface area contributed by atoms with Gasteiger partial charge in [-0.05, 0) is 68.4 Å². The van der Waals surface area contributed by atoms with Gasteiger partial charge in [0.05, 0.1) is 0 Å². The molecule has 1 heteroatoms. The Morgan fingerprint density at radius 2 is 1.14 bits per heavy atom. The second-order valence-corrected chi connectivity index (χ2v) is 6.73. The molecule has 0 aliphatic rings. The zero-order valence-electron chi connectivity index (χ0n) is 15.3. The van der Waals surface area contributed by atoms with Crippen LogP contribution in [0, 0.1) is 27.7 Å². The molecule has 22 heavy (non-hydrogen) atoms. The summed E-state index contributed by atoms with van der Waals surface area (Å²) in [5, 5.41) is 0. The molecule has 124 valence electrons. The monoisotopic (exact) mass is 302 g/mol. The zero-order chi connectivity index (χ0) is 16.5. The summed E-state index contributed by atoms with van der Waals surface area (Å²) in [6.45, 7) is 10.8. The van der Waals surface area contributed by atoms with Gasteiger partial charge in [-0.25, -0.2) is 0 Å². The van der Waals surface area contributed by atoms with Crippen molar-refractivity contribution in [1.82, 2.24) is 0 Å². The number of unbranched alkanes of at least 4 members (excludes halogenated alkanes) is 7. The summed E-state index contributed by atoms with van der Waals surface area (Å²) in [5.74, 6) is 0. The molecule has 1 nitrogen and oxygen atoms in total. The van der Waals surface area contributed by atoms with E-state index in [-0.39, 0.29) is 0 Å². The summed E-state index contributed by atoms with van der Waals surface area (Å²) in [5.41, 5.74) is 7.38. The number of benzene rings is 1. The lowest BCUT2D eigenvalue weighted by atomic mass is 9.87. The van der Waals surface area contributed by atoms with Crippen molar-refractivity contribution in [3.8, 4) is 0 Å². The average Bonchev–Trinajstić information content (AvgIpc) is 2.51. The van der Waals surface area contributed by atoms with Crippen LogP contribution in [-0.4, -0.2) is 6.29 Å². The fourth-order valence-electron chi connectivity index (χ4n) is 3.41. The van der Waals surface area contributed by atoms with Gasteiger partial charge < -0.3 is 0 Å². The second kappa shape index (κ2) is 9.82. The van der Waals surface area contributed by atoms with Gasteiger partial charge in [-0.3, -0.25) is 4.79 Å². The van der Waals surface area contributed by atoms with E-state index in [1.807, 2.05) is 0 Å². The van der Waals surface area contributed by atoms with Crippen LogP contribution in [0.2, 0.25) is 0 Å². The summed E-state index contributed by atoms with van der Waals surface area (Å²) in [6, 6.07) is 0. The van der Waals surface area contributed by atoms with E-state index in [1.54, 1.807) is 0 Å². The van der Waals surface area contributed by atoms with Crippen molar-refractivity contribution in [3.63, 3.8) is 0 Å². The Bertz CT molecular complexity index is 456. The van der Waals surface area contributed by atoms with Gasteiger partial charge >= 0.3 is 0 Å². The van der Waals surface area contributed by atoms with E-state index in [4.69, 9.17) is 0 Å². The van der Waals surface area contributed by atoms with Crippen LogP contribution in [0.4, 0.5) is 0 Å². The average molecular weight is 303 g/mol. The Kier molecular flexibility index (Phi) is 8.45. The highest BCUT2D eigenvalue weighted by atomic mass is 16.1. The predicted molar refractivity (Wildman–Crippen MR) is 97.1 cm³/mol. The first kappa shape index (κ1) is 18.9. The predicted octanol–water partition coefficient (Wildman–Crippen LogP) is 6.42. The summed E-state index contributed by atoms with van der Waals surface area (Å²) >= 11 is 0. The molecule has 0 saturated heterocycles. The van der Waals surface area contributed by atoms with E-state index in [0.717, 1.165) is 18.3 Å². The van der Waals surface area contributed by atoms with E-state index in [9.17, 15) is 4.79 Å². The van der Waals surface area contributed by atoms with Crippen molar-refractivity contribution < 1.29 is 4.79 Å². The number of carbonyl (C=O) groups is 1. The molecule has 0 heterocycles. The number of hydrogen-bond donors (Lipinski definition) is 0. The minimum absolute atomic E-state index is 0.898. The van der Waals surface area contributed by atoms with Crippen LogP contribution >= 0.6 is 0 Å². The maximum Gasteiger partial charge on any atom is 0.150 e. The van der Waals surface area contributed by atoms with Crippen molar-refractivity contribution in [2.24, 2.45) is 0 Å². The molecule has 0 unspecified atom stereocenters. The van der Waals surface area contributed by atoms with E-state index in [0.29, 0.717) is 0 Å². The molecular formula is C21H34O. The third-order valence-electron chi connectivity index (χ3n) is 5.24. The first-order valence-electron chi connectivity index (χ1n) is 9.09. The molecule has 0 bridgehead atoms. The molecule has 0 atom stereocenters. The number of carbonyl (C=O) groups excluding carboxylic acids is 1. The Balaban J connectivity index is 2.51. The summed E-state index contributed by atoms with van der Waals surface area (Å²) in [4.78, 5) is 11.3. The van der Waals surface area contributed by atoms with Crippen LogP contribution in [0.15, 0.2) is 0 Å². The van der Waals surface area contributed by atoms with E-state index >= 15 is 0 Å². The number of aldehydes is 1. The standard InChI is InChI=1S/C21H34O/c1-6-7-8-9-10-11-12-13-14-20-16(2)18(4)21(15-22)19(5)17(20)3/h15H,6-14H2,1-5H3. The molecule has 0 radical (unpaired) electrons. The lowest BCUT2D eigenvalue weighted by molar-refractivity contribution is 0.112. The Morgan fingerprint density at radius 3 is 1.59 bits per heavy atom. The molecule has 0 N–H and O–H groups in total. The lowest BCUT2D eigenvalue weighted by Gasteiger charge is -2.18. The maximum absolute atomic E-state index is 11.3. The Morgan fingerprint density at radius 1 is 0.682 bits per heavy atom. The molecular weight excluding hydrogens is 268 g/mol. The van der Waals surface area contributed by atoms with Crippen molar-refractivity contribution in [3.05, 3.63) is 33.4 Å². The first-order chi connectivity index (χ1) is 10.5. The minimum atomic E-state index is 0.898. The molecule has 0 amide bonds. The van der Waals surface area contributed by atoms with Gasteiger partial charge in [0.15, 0.2) is 6.29 Å². The summed E-state index contributed by atoms with van der Waals surface area (Å²) in [7, 11) is 0. The zero-order valence-corrected chi connectivity index (χ0v) is 15.3. The number of hydrogen-bond acceptors (Lipinski definition) is 1. The molecule has 0 aliphatic heterocycles. The van der Waals surface area contributed by atoms with Gasteiger partial charge in [-0.15, -0.1) is 0 Å². The summed E-state index contributed by atoms with van der Waals surface area (Å²) < 4.78 is 0. The smallest absolute Gasteiger partial charge is 0.150 e. The van der Waals surface area contributed by atoms with Gasteiger partial charge in [-0.1, -0.05) is 51.9 Å². The molecule has 1 aromatic carbocycles. The molecule has 0 fully saturated rings. The fraction of sp³-hybridized carbons (Fsp3) is 0.667. The van der Waals surface area contributed by atoms with Crippen LogP contribution in [-0.2, 0) is 6.42 Å². The largest absolute Gasteiger partial charge is 0.298 e. The van der Waals surface area contributed by atoms with Crippen molar-refractivity contribution in [2.45, 2.75) is 92.4 Å². The third-order valence-corrected chi connectivity index (χ3v) is 5.24. The maximum atomic E-state index is 11.3. The van der Waals surface area contributed by atoms with Crippen molar-refractivity contribution >= 4 is 6.29 Å². The molecule has 0 aromatic heterocycles. The molecule has 0 saturated carbocycles. The SMILES string of the molecule is CCCCCCCCCCc1c(C)c(C)c(C=O)c(C)c1C. The van der Waals surface area contributed by atoms with E-state index < -0.39 is 0 Å². The van der Waals surface area contributed by atoms with E-state index in [1.165, 1.54) is 79.2 Å². The Labute approximate surface area is 137 Å². The van der Waals surface area contributed by atoms with Crippen molar-refractivity contribution in [2.75, 3.05) is 0 Å². The highest BCUT2D eigenvalue weighted by Crippen LogP contribution is 2.27. The van der Waals surface area contributed by atoms with E-state index in [2.05, 4.69) is 34.6 Å². The minimum Gasteiger partial charge on any atom is -0.298 e. The number of rotatable bonds is 10. The lowest BCUT2D eigenvalue weighted by Crippen LogP contribution is -2.05. The van der Waals surface area contributed by atoms with Crippen LogP contribution in [0.1, 0.15) is 96.5 Å². The quantitative estimate of drug-likeness (QED) is 0.360. The van der Waals surface area contributed by atoms with Crippen LogP contribution in [0.5, 0.6) is 0 Å². The van der Waals surface area contributed by atoms with Gasteiger partial charge in [-0.2, -0.15) is 0 Å². The fourth-order valence-corrected chi connectivity index (χ4v) is 3.41. The second-order valence-electron chi connectivity index (χ2n) is 6.73. The first-order valence-corrected chi connectivity index (χ1v) is 9.09. The topological polar surface area (TPSA) is 17.1 Å². The van der Waals surface area contributed by atoms with Gasteiger partial charge in [0.25, 0.3) is 0 Å². The van der Waals surface area contributed by atoms with Gasteiger partial charge in [0.1, 0.15) is 0 Å². The van der Waals surface area contributed by atoms with Crippen molar-refractivity contribution in [1.29, 1.82) is 0 Å². The van der Waals surface area contributed by atoms with Gasteiger partial charge in [0.2, 0.25) is 0 Å². The molecule has 1 rings (SSSR count). The third kappa shape index (κ3) is 4.97. The normalized spacial score (nSPS) is 11.0. The molecule has 0 spiro atoms. The van der Waals surface area contributed by atoms with Crippen LogP contribution in [0.3, 0.4) is 0 Å². The van der Waals surface area contributed by atoms with Gasteiger partial charge in [0, 0.05) is 5.56 Å². The molecule has 1 aromatic rings.